The van der Waals surface area contributed by atoms with Crippen LogP contribution in [-0.4, -0.2) is 30.1 Å². The summed E-state index contributed by atoms with van der Waals surface area (Å²) in [6.07, 6.45) is 2.27. The van der Waals surface area contributed by atoms with Crippen LogP contribution in [0.5, 0.6) is 0 Å². The van der Waals surface area contributed by atoms with E-state index >= 15 is 0 Å². The van der Waals surface area contributed by atoms with Crippen LogP contribution in [0.15, 0.2) is 0 Å². The minimum atomic E-state index is -0.733. The fraction of sp³-hybridized carbons (Fsp3) is 0.900. The summed E-state index contributed by atoms with van der Waals surface area (Å²) in [5.41, 5.74) is 0. The molecule has 4 nitrogen and oxygen atoms in total. The summed E-state index contributed by atoms with van der Waals surface area (Å²) >= 11 is 0. The molecule has 1 rings (SSSR count). The first kappa shape index (κ1) is 11.5. The molecule has 0 spiro atoms. The SMILES string of the molecule is CC(CCCC1(C)OCCO1)C(=O)O. The molecule has 0 aromatic heterocycles. The van der Waals surface area contributed by atoms with Gasteiger partial charge in [0, 0.05) is 6.42 Å². The Hall–Kier alpha value is -0.610. The van der Waals surface area contributed by atoms with Crippen molar-refractivity contribution in [3.63, 3.8) is 0 Å². The van der Waals surface area contributed by atoms with E-state index in [-0.39, 0.29) is 5.92 Å². The fourth-order valence-electron chi connectivity index (χ4n) is 1.55. The molecular formula is C10H18O4. The molecule has 0 aromatic rings. The average molecular weight is 202 g/mol. The van der Waals surface area contributed by atoms with Gasteiger partial charge in [-0.2, -0.15) is 0 Å². The van der Waals surface area contributed by atoms with Gasteiger partial charge in [0.05, 0.1) is 19.1 Å². The zero-order chi connectivity index (χ0) is 10.6. The first-order valence-corrected chi connectivity index (χ1v) is 5.04. The highest BCUT2D eigenvalue weighted by molar-refractivity contribution is 5.69. The van der Waals surface area contributed by atoms with Crippen molar-refractivity contribution in [1.29, 1.82) is 0 Å². The maximum atomic E-state index is 10.5. The standard InChI is InChI=1S/C10H18O4/c1-8(9(11)12)4-3-5-10(2)13-6-7-14-10/h8H,3-7H2,1-2H3,(H,11,12). The minimum Gasteiger partial charge on any atom is -0.481 e. The topological polar surface area (TPSA) is 55.8 Å². The summed E-state index contributed by atoms with van der Waals surface area (Å²) in [6.45, 7) is 4.92. The van der Waals surface area contributed by atoms with Gasteiger partial charge in [-0.15, -0.1) is 0 Å². The van der Waals surface area contributed by atoms with Crippen LogP contribution in [0.25, 0.3) is 0 Å². The van der Waals surface area contributed by atoms with Crippen LogP contribution >= 0.6 is 0 Å². The molecule has 0 aliphatic carbocycles. The summed E-state index contributed by atoms with van der Waals surface area (Å²) in [4.78, 5) is 10.5. The Kier molecular flexibility index (Phi) is 3.89. The highest BCUT2D eigenvalue weighted by Gasteiger charge is 2.30. The molecule has 0 saturated carbocycles. The van der Waals surface area contributed by atoms with E-state index in [2.05, 4.69) is 0 Å². The molecule has 1 unspecified atom stereocenters. The first-order valence-electron chi connectivity index (χ1n) is 5.04. The Morgan fingerprint density at radius 2 is 2.07 bits per heavy atom. The second-order valence-corrected chi connectivity index (χ2v) is 3.96. The second-order valence-electron chi connectivity index (χ2n) is 3.96. The average Bonchev–Trinajstić information content (AvgIpc) is 2.52. The largest absolute Gasteiger partial charge is 0.481 e. The van der Waals surface area contributed by atoms with E-state index in [1.165, 1.54) is 0 Å². The van der Waals surface area contributed by atoms with Crippen molar-refractivity contribution in [1.82, 2.24) is 0 Å². The Morgan fingerprint density at radius 1 is 1.50 bits per heavy atom. The number of carbonyl (C=O) groups is 1. The first-order chi connectivity index (χ1) is 6.53. The maximum Gasteiger partial charge on any atom is 0.306 e. The Balaban J connectivity index is 2.17. The van der Waals surface area contributed by atoms with E-state index in [1.807, 2.05) is 6.92 Å². The summed E-state index contributed by atoms with van der Waals surface area (Å²) in [6, 6.07) is 0. The van der Waals surface area contributed by atoms with Gasteiger partial charge < -0.3 is 14.6 Å². The highest BCUT2D eigenvalue weighted by atomic mass is 16.7. The normalized spacial score (nSPS) is 22.1. The van der Waals surface area contributed by atoms with Crippen molar-refractivity contribution in [3.05, 3.63) is 0 Å². The smallest absolute Gasteiger partial charge is 0.306 e. The van der Waals surface area contributed by atoms with E-state index in [4.69, 9.17) is 14.6 Å². The van der Waals surface area contributed by atoms with Crippen LogP contribution in [0.4, 0.5) is 0 Å². The lowest BCUT2D eigenvalue weighted by atomic mass is 10.0. The number of aliphatic carboxylic acids is 1. The van der Waals surface area contributed by atoms with E-state index in [0.29, 0.717) is 19.6 Å². The van der Waals surface area contributed by atoms with Crippen molar-refractivity contribution in [2.45, 2.75) is 38.9 Å². The molecule has 1 fully saturated rings. The molecule has 0 aromatic carbocycles. The van der Waals surface area contributed by atoms with E-state index in [9.17, 15) is 4.79 Å². The molecule has 0 bridgehead atoms. The fourth-order valence-corrected chi connectivity index (χ4v) is 1.55. The van der Waals surface area contributed by atoms with Crippen molar-refractivity contribution < 1.29 is 19.4 Å². The van der Waals surface area contributed by atoms with Crippen molar-refractivity contribution >= 4 is 5.97 Å². The summed E-state index contributed by atoms with van der Waals surface area (Å²) in [5.74, 6) is -1.48. The van der Waals surface area contributed by atoms with E-state index < -0.39 is 11.8 Å². The van der Waals surface area contributed by atoms with Gasteiger partial charge in [0.15, 0.2) is 5.79 Å². The monoisotopic (exact) mass is 202 g/mol. The Morgan fingerprint density at radius 3 is 2.57 bits per heavy atom. The van der Waals surface area contributed by atoms with Crippen LogP contribution in [0.3, 0.4) is 0 Å². The van der Waals surface area contributed by atoms with Gasteiger partial charge in [-0.25, -0.2) is 0 Å². The van der Waals surface area contributed by atoms with Crippen molar-refractivity contribution in [2.75, 3.05) is 13.2 Å². The third-order valence-corrected chi connectivity index (χ3v) is 2.59. The van der Waals surface area contributed by atoms with E-state index in [0.717, 1.165) is 12.8 Å². The number of rotatable bonds is 5. The number of carboxylic acid groups (broad SMARTS) is 1. The Labute approximate surface area is 84.2 Å². The quantitative estimate of drug-likeness (QED) is 0.736. The van der Waals surface area contributed by atoms with Crippen LogP contribution in [0.2, 0.25) is 0 Å². The molecule has 1 heterocycles. The molecule has 0 radical (unpaired) electrons. The highest BCUT2D eigenvalue weighted by Crippen LogP contribution is 2.25. The zero-order valence-corrected chi connectivity index (χ0v) is 8.78. The molecule has 14 heavy (non-hydrogen) atoms. The Bertz CT molecular complexity index is 196. The molecular weight excluding hydrogens is 184 g/mol. The van der Waals surface area contributed by atoms with Crippen LogP contribution in [-0.2, 0) is 14.3 Å². The minimum absolute atomic E-state index is 0.278. The van der Waals surface area contributed by atoms with E-state index in [1.54, 1.807) is 6.92 Å². The predicted molar refractivity (Wildman–Crippen MR) is 51.0 cm³/mol. The van der Waals surface area contributed by atoms with Crippen LogP contribution < -0.4 is 0 Å². The van der Waals surface area contributed by atoms with Gasteiger partial charge in [-0.05, 0) is 19.8 Å². The lowest BCUT2D eigenvalue weighted by Crippen LogP contribution is -2.25. The third-order valence-electron chi connectivity index (χ3n) is 2.59. The number of carboxylic acids is 1. The zero-order valence-electron chi connectivity index (χ0n) is 8.78. The molecule has 82 valence electrons. The van der Waals surface area contributed by atoms with Gasteiger partial charge in [0.1, 0.15) is 0 Å². The van der Waals surface area contributed by atoms with Gasteiger partial charge in [-0.3, -0.25) is 4.79 Å². The molecule has 1 aliphatic rings. The number of hydrogen-bond acceptors (Lipinski definition) is 3. The van der Waals surface area contributed by atoms with Crippen LogP contribution in [0, 0.1) is 5.92 Å². The van der Waals surface area contributed by atoms with Crippen molar-refractivity contribution in [3.8, 4) is 0 Å². The molecule has 1 saturated heterocycles. The molecule has 1 aliphatic heterocycles. The molecule has 1 N–H and O–H groups in total. The summed E-state index contributed by atoms with van der Waals surface area (Å²) in [5, 5.41) is 8.68. The number of ether oxygens (including phenoxy) is 2. The van der Waals surface area contributed by atoms with Gasteiger partial charge in [-0.1, -0.05) is 6.92 Å². The maximum absolute atomic E-state index is 10.5. The lowest BCUT2D eigenvalue weighted by Gasteiger charge is -2.22. The van der Waals surface area contributed by atoms with Crippen molar-refractivity contribution in [2.24, 2.45) is 5.92 Å². The lowest BCUT2D eigenvalue weighted by molar-refractivity contribution is -0.150. The second kappa shape index (κ2) is 4.75. The predicted octanol–water partition coefficient (Wildman–Crippen LogP) is 1.64. The summed E-state index contributed by atoms with van der Waals surface area (Å²) < 4.78 is 10.8. The molecule has 0 amide bonds. The molecule has 1 atom stereocenters. The van der Waals surface area contributed by atoms with Crippen LogP contribution in [0.1, 0.15) is 33.1 Å². The third kappa shape index (κ3) is 3.27. The van der Waals surface area contributed by atoms with Gasteiger partial charge in [0.25, 0.3) is 0 Å². The van der Waals surface area contributed by atoms with Gasteiger partial charge >= 0.3 is 5.97 Å². The van der Waals surface area contributed by atoms with Gasteiger partial charge in [0.2, 0.25) is 0 Å². The number of hydrogen-bond donors (Lipinski definition) is 1. The molecule has 4 heteroatoms. The summed E-state index contributed by atoms with van der Waals surface area (Å²) in [7, 11) is 0.